The van der Waals surface area contributed by atoms with Crippen molar-refractivity contribution in [2.75, 3.05) is 0 Å². The number of fused-ring (bicyclic) bond motifs is 1. The average molecular weight is 187 g/mol. The Bertz CT molecular complexity index is 419. The van der Waals surface area contributed by atoms with Crippen LogP contribution in [0.1, 0.15) is 30.0 Å². The highest BCUT2D eigenvalue weighted by Crippen LogP contribution is 2.22. The maximum atomic E-state index is 7.71. The fraction of sp³-hybridized carbons (Fsp3) is 0.273. The molecule has 1 aromatic carbocycles. The Balaban J connectivity index is 2.55. The zero-order valence-corrected chi connectivity index (χ0v) is 8.17. The van der Waals surface area contributed by atoms with Crippen molar-refractivity contribution in [2.24, 2.45) is 10.7 Å². The van der Waals surface area contributed by atoms with Crippen LogP contribution in [0.25, 0.3) is 0 Å². The van der Waals surface area contributed by atoms with Gasteiger partial charge >= 0.3 is 0 Å². The Morgan fingerprint density at radius 3 is 2.93 bits per heavy atom. The molecule has 0 saturated carbocycles. The molecule has 0 spiro atoms. The van der Waals surface area contributed by atoms with Crippen molar-refractivity contribution in [1.29, 1.82) is 5.41 Å². The maximum Gasteiger partial charge on any atom is 0.155 e. The van der Waals surface area contributed by atoms with Gasteiger partial charge in [-0.1, -0.05) is 31.5 Å². The van der Waals surface area contributed by atoms with E-state index in [-0.39, 0.29) is 0 Å². The van der Waals surface area contributed by atoms with E-state index in [4.69, 9.17) is 11.1 Å². The summed E-state index contributed by atoms with van der Waals surface area (Å²) >= 11 is 0. The summed E-state index contributed by atoms with van der Waals surface area (Å²) in [5.74, 6) is 0.782. The lowest BCUT2D eigenvalue weighted by atomic mass is 9.98. The highest BCUT2D eigenvalue weighted by atomic mass is 14.9. The van der Waals surface area contributed by atoms with E-state index in [9.17, 15) is 0 Å². The minimum atomic E-state index is 0.307. The van der Waals surface area contributed by atoms with Crippen molar-refractivity contribution in [3.63, 3.8) is 0 Å². The van der Waals surface area contributed by atoms with E-state index in [0.29, 0.717) is 11.7 Å². The van der Waals surface area contributed by atoms with E-state index >= 15 is 0 Å². The van der Waals surface area contributed by atoms with Gasteiger partial charge in [-0.05, 0) is 12.0 Å². The van der Waals surface area contributed by atoms with Crippen molar-refractivity contribution in [3.8, 4) is 0 Å². The van der Waals surface area contributed by atoms with Crippen LogP contribution in [-0.4, -0.2) is 11.7 Å². The Hall–Kier alpha value is -1.64. The molecule has 0 saturated heterocycles. The van der Waals surface area contributed by atoms with Gasteiger partial charge in [-0.3, -0.25) is 5.41 Å². The zero-order valence-electron chi connectivity index (χ0n) is 8.17. The van der Waals surface area contributed by atoms with Crippen LogP contribution in [0.5, 0.6) is 0 Å². The summed E-state index contributed by atoms with van der Waals surface area (Å²) in [7, 11) is 0. The lowest BCUT2D eigenvalue weighted by Crippen LogP contribution is -2.10. The Morgan fingerprint density at radius 1 is 1.43 bits per heavy atom. The van der Waals surface area contributed by atoms with E-state index in [1.807, 2.05) is 18.2 Å². The lowest BCUT2D eigenvalue weighted by molar-refractivity contribution is 0.919. The molecule has 0 radical (unpaired) electrons. The number of amidine groups is 2. The molecule has 3 heteroatoms. The van der Waals surface area contributed by atoms with Crippen LogP contribution in [0.2, 0.25) is 0 Å². The number of hydrogen-bond acceptors (Lipinski definition) is 2. The summed E-state index contributed by atoms with van der Waals surface area (Å²) in [4.78, 5) is 3.98. The molecule has 1 aliphatic heterocycles. The fourth-order valence-electron chi connectivity index (χ4n) is 1.81. The van der Waals surface area contributed by atoms with E-state index in [0.717, 1.165) is 24.0 Å². The molecule has 1 aromatic rings. The smallest absolute Gasteiger partial charge is 0.155 e. The van der Waals surface area contributed by atoms with Crippen molar-refractivity contribution in [1.82, 2.24) is 0 Å². The molecule has 0 aliphatic carbocycles. The van der Waals surface area contributed by atoms with Gasteiger partial charge in [0.05, 0.1) is 0 Å². The summed E-state index contributed by atoms with van der Waals surface area (Å²) in [5, 5.41) is 7.71. The van der Waals surface area contributed by atoms with E-state index in [1.54, 1.807) is 0 Å². The van der Waals surface area contributed by atoms with Crippen LogP contribution in [0, 0.1) is 5.41 Å². The minimum absolute atomic E-state index is 0.307. The first-order valence-corrected chi connectivity index (χ1v) is 4.79. The van der Waals surface area contributed by atoms with Crippen molar-refractivity contribution in [2.45, 2.75) is 19.8 Å². The number of aliphatic imine (C=N–C) groups is 1. The quantitative estimate of drug-likeness (QED) is 0.727. The van der Waals surface area contributed by atoms with Gasteiger partial charge in [0, 0.05) is 11.1 Å². The molecule has 72 valence electrons. The fourth-order valence-corrected chi connectivity index (χ4v) is 1.81. The van der Waals surface area contributed by atoms with Crippen LogP contribution in [0.15, 0.2) is 23.2 Å². The molecule has 0 unspecified atom stereocenters. The molecule has 1 heterocycles. The molecule has 0 amide bonds. The molecule has 3 N–H and O–H groups in total. The first kappa shape index (κ1) is 8.94. The van der Waals surface area contributed by atoms with Crippen molar-refractivity contribution < 1.29 is 0 Å². The molecule has 0 bridgehead atoms. The van der Waals surface area contributed by atoms with Crippen LogP contribution in [-0.2, 0) is 6.42 Å². The van der Waals surface area contributed by atoms with Crippen LogP contribution < -0.4 is 5.73 Å². The van der Waals surface area contributed by atoms with E-state index < -0.39 is 0 Å². The molecular weight excluding hydrogens is 174 g/mol. The molecule has 0 aromatic heterocycles. The summed E-state index contributed by atoms with van der Waals surface area (Å²) in [6.45, 7) is 2.13. The highest BCUT2D eigenvalue weighted by molar-refractivity contribution is 6.21. The predicted octanol–water partition coefficient (Wildman–Crippen LogP) is 1.68. The standard InChI is InChI=1S/C11H13N3/c1-2-4-7-5-3-6-8-9(7)11(13)14-10(8)12/h3,5-6H,2,4H2,1H3,(H3,12,13,14). The van der Waals surface area contributed by atoms with Crippen molar-refractivity contribution in [3.05, 3.63) is 34.9 Å². The van der Waals surface area contributed by atoms with E-state index in [1.165, 1.54) is 5.56 Å². The van der Waals surface area contributed by atoms with Gasteiger partial charge in [0.15, 0.2) is 5.84 Å². The average Bonchev–Trinajstić information content (AvgIpc) is 2.44. The summed E-state index contributed by atoms with van der Waals surface area (Å²) in [5.41, 5.74) is 8.73. The van der Waals surface area contributed by atoms with Gasteiger partial charge in [-0.2, -0.15) is 0 Å². The SMILES string of the molecule is CCCc1cccc2c1C(=N)N=C2N. The third-order valence-corrected chi connectivity index (χ3v) is 2.42. The molecular formula is C11H13N3. The van der Waals surface area contributed by atoms with Gasteiger partial charge in [0.1, 0.15) is 5.84 Å². The molecule has 2 rings (SSSR count). The number of hydrogen-bond donors (Lipinski definition) is 2. The maximum absolute atomic E-state index is 7.71. The van der Waals surface area contributed by atoms with Gasteiger partial charge in [0.2, 0.25) is 0 Å². The molecule has 0 fully saturated rings. The van der Waals surface area contributed by atoms with Gasteiger partial charge in [0.25, 0.3) is 0 Å². The van der Waals surface area contributed by atoms with Crippen LogP contribution in [0.4, 0.5) is 0 Å². The first-order valence-electron chi connectivity index (χ1n) is 4.79. The summed E-state index contributed by atoms with van der Waals surface area (Å²) in [6, 6.07) is 5.95. The third-order valence-electron chi connectivity index (χ3n) is 2.42. The van der Waals surface area contributed by atoms with Crippen molar-refractivity contribution >= 4 is 11.7 Å². The monoisotopic (exact) mass is 187 g/mol. The summed E-state index contributed by atoms with van der Waals surface area (Å²) in [6.07, 6.45) is 2.05. The number of benzene rings is 1. The lowest BCUT2D eigenvalue weighted by Gasteiger charge is -2.05. The summed E-state index contributed by atoms with van der Waals surface area (Å²) < 4.78 is 0. The number of nitrogens with one attached hydrogen (secondary N) is 1. The van der Waals surface area contributed by atoms with Gasteiger partial charge in [-0.25, -0.2) is 4.99 Å². The first-order chi connectivity index (χ1) is 6.74. The molecule has 1 aliphatic rings. The second-order valence-corrected chi connectivity index (χ2v) is 3.44. The molecule has 14 heavy (non-hydrogen) atoms. The minimum Gasteiger partial charge on any atom is -0.383 e. The topological polar surface area (TPSA) is 62.2 Å². The Morgan fingerprint density at radius 2 is 2.21 bits per heavy atom. The highest BCUT2D eigenvalue weighted by Gasteiger charge is 2.20. The second-order valence-electron chi connectivity index (χ2n) is 3.44. The second kappa shape index (κ2) is 3.25. The Labute approximate surface area is 83.2 Å². The van der Waals surface area contributed by atoms with Crippen LogP contribution in [0.3, 0.4) is 0 Å². The van der Waals surface area contributed by atoms with Crippen LogP contribution >= 0.6 is 0 Å². The zero-order chi connectivity index (χ0) is 10.1. The predicted molar refractivity (Wildman–Crippen MR) is 58.0 cm³/mol. The molecule has 3 nitrogen and oxygen atoms in total. The van der Waals surface area contributed by atoms with Gasteiger partial charge in [-0.15, -0.1) is 0 Å². The number of rotatable bonds is 2. The van der Waals surface area contributed by atoms with E-state index in [2.05, 4.69) is 11.9 Å². The Kier molecular flexibility index (Phi) is 2.08. The number of aryl methyl sites for hydroxylation is 1. The molecule has 0 atom stereocenters. The van der Waals surface area contributed by atoms with Gasteiger partial charge < -0.3 is 5.73 Å². The third kappa shape index (κ3) is 1.21. The largest absolute Gasteiger partial charge is 0.383 e. The normalized spacial score (nSPS) is 14.1. The number of nitrogens with zero attached hydrogens (tertiary/aromatic N) is 1. The number of nitrogens with two attached hydrogens (primary N) is 1.